The zero-order chi connectivity index (χ0) is 12.6. The minimum Gasteiger partial charge on any atom is -0.508 e. The van der Waals surface area contributed by atoms with Crippen molar-refractivity contribution in [2.24, 2.45) is 4.99 Å². The molecule has 0 aromatic heterocycles. The fraction of sp³-hybridized carbons (Fsp3) is 0.462. The standard InChI is InChI=1S/C13H14ClNO2/c1-8(2)9-5-12(17)10(6-11(9)14)13(3-4-13)15-7-16/h5-6,8,17H,3-4H2,1-2H3. The second-order valence-electron chi connectivity index (χ2n) is 4.78. The maximum absolute atomic E-state index is 10.4. The first-order valence-corrected chi connectivity index (χ1v) is 6.00. The van der Waals surface area contributed by atoms with Gasteiger partial charge in [-0.2, -0.15) is 4.99 Å². The molecule has 2 rings (SSSR count). The van der Waals surface area contributed by atoms with Crippen molar-refractivity contribution in [2.75, 3.05) is 0 Å². The van der Waals surface area contributed by atoms with Crippen LogP contribution < -0.4 is 0 Å². The zero-order valence-electron chi connectivity index (χ0n) is 9.83. The smallest absolute Gasteiger partial charge is 0.235 e. The number of phenolic OH excluding ortho intramolecular Hbond substituents is 1. The summed E-state index contributed by atoms with van der Waals surface area (Å²) in [7, 11) is 0. The molecule has 3 nitrogen and oxygen atoms in total. The van der Waals surface area contributed by atoms with Gasteiger partial charge in [0.2, 0.25) is 6.08 Å². The van der Waals surface area contributed by atoms with E-state index in [1.165, 1.54) is 0 Å². The summed E-state index contributed by atoms with van der Waals surface area (Å²) in [6, 6.07) is 3.39. The molecule has 1 fully saturated rings. The molecule has 0 aliphatic heterocycles. The number of rotatable bonds is 3. The Balaban J connectivity index is 2.51. The highest BCUT2D eigenvalue weighted by atomic mass is 35.5. The second-order valence-corrected chi connectivity index (χ2v) is 5.19. The summed E-state index contributed by atoms with van der Waals surface area (Å²) < 4.78 is 0. The number of hydrogen-bond acceptors (Lipinski definition) is 3. The van der Waals surface area contributed by atoms with E-state index >= 15 is 0 Å². The summed E-state index contributed by atoms with van der Waals surface area (Å²) in [5.41, 5.74) is 0.958. The predicted octanol–water partition coefficient (Wildman–Crippen LogP) is 3.49. The van der Waals surface area contributed by atoms with Crippen LogP contribution in [0.3, 0.4) is 0 Å². The van der Waals surface area contributed by atoms with Crippen molar-refractivity contribution in [3.05, 3.63) is 28.3 Å². The SMILES string of the molecule is CC(C)c1cc(O)c(C2(N=C=O)CC2)cc1Cl. The van der Waals surface area contributed by atoms with Gasteiger partial charge in [0.1, 0.15) is 11.3 Å². The van der Waals surface area contributed by atoms with Gasteiger partial charge in [-0.15, -0.1) is 0 Å². The Hall–Kier alpha value is -1.31. The summed E-state index contributed by atoms with van der Waals surface area (Å²) in [5.74, 6) is 0.404. The third-order valence-corrected chi connectivity index (χ3v) is 3.55. The van der Waals surface area contributed by atoms with Gasteiger partial charge in [0.15, 0.2) is 0 Å². The molecule has 0 radical (unpaired) electrons. The monoisotopic (exact) mass is 251 g/mol. The Morgan fingerprint density at radius 3 is 2.59 bits per heavy atom. The topological polar surface area (TPSA) is 49.7 Å². The van der Waals surface area contributed by atoms with Crippen LogP contribution in [0.2, 0.25) is 5.02 Å². The molecule has 1 aliphatic carbocycles. The van der Waals surface area contributed by atoms with Crippen molar-refractivity contribution >= 4 is 17.7 Å². The predicted molar refractivity (Wildman–Crippen MR) is 66.2 cm³/mol. The van der Waals surface area contributed by atoms with E-state index in [1.807, 2.05) is 13.8 Å². The molecule has 1 aliphatic rings. The van der Waals surface area contributed by atoms with Gasteiger partial charge >= 0.3 is 0 Å². The first kappa shape index (κ1) is 12.2. The van der Waals surface area contributed by atoms with Crippen LogP contribution in [0.5, 0.6) is 5.75 Å². The minimum atomic E-state index is -0.578. The minimum absolute atomic E-state index is 0.162. The highest BCUT2D eigenvalue weighted by Crippen LogP contribution is 2.53. The summed E-state index contributed by atoms with van der Waals surface area (Å²) >= 11 is 6.18. The van der Waals surface area contributed by atoms with Gasteiger partial charge in [0, 0.05) is 10.6 Å². The molecular formula is C13H14ClNO2. The van der Waals surface area contributed by atoms with Crippen molar-refractivity contribution in [1.82, 2.24) is 0 Å². The van der Waals surface area contributed by atoms with Crippen molar-refractivity contribution < 1.29 is 9.90 Å². The normalized spacial score (nSPS) is 16.7. The van der Waals surface area contributed by atoms with E-state index in [2.05, 4.69) is 4.99 Å². The van der Waals surface area contributed by atoms with E-state index in [9.17, 15) is 9.90 Å². The zero-order valence-corrected chi connectivity index (χ0v) is 10.6. The first-order chi connectivity index (χ1) is 8.00. The maximum atomic E-state index is 10.4. The molecule has 1 aromatic carbocycles. The molecule has 0 atom stereocenters. The Morgan fingerprint density at radius 1 is 1.47 bits per heavy atom. The average molecular weight is 252 g/mol. The van der Waals surface area contributed by atoms with Gasteiger partial charge in [0.05, 0.1) is 0 Å². The highest BCUT2D eigenvalue weighted by Gasteiger charge is 2.47. The Bertz CT molecular complexity index is 500. The van der Waals surface area contributed by atoms with Crippen LogP contribution in [-0.4, -0.2) is 11.2 Å². The number of hydrogen-bond donors (Lipinski definition) is 1. The van der Waals surface area contributed by atoms with E-state index in [0.717, 1.165) is 18.4 Å². The van der Waals surface area contributed by atoms with Gasteiger partial charge in [-0.3, -0.25) is 0 Å². The van der Waals surface area contributed by atoms with Gasteiger partial charge in [-0.05, 0) is 36.5 Å². The molecule has 0 heterocycles. The van der Waals surface area contributed by atoms with Gasteiger partial charge in [-0.1, -0.05) is 25.4 Å². The van der Waals surface area contributed by atoms with E-state index in [1.54, 1.807) is 18.2 Å². The summed E-state index contributed by atoms with van der Waals surface area (Å²) in [5, 5.41) is 10.6. The van der Waals surface area contributed by atoms with Crippen LogP contribution in [0.15, 0.2) is 17.1 Å². The third kappa shape index (κ3) is 2.08. The summed E-state index contributed by atoms with van der Waals surface area (Å²) in [6.45, 7) is 4.02. The van der Waals surface area contributed by atoms with E-state index in [4.69, 9.17) is 11.6 Å². The molecule has 0 bridgehead atoms. The number of aliphatic imine (C=N–C) groups is 1. The molecule has 17 heavy (non-hydrogen) atoms. The lowest BCUT2D eigenvalue weighted by molar-refractivity contribution is 0.458. The first-order valence-electron chi connectivity index (χ1n) is 5.62. The van der Waals surface area contributed by atoms with Crippen molar-refractivity contribution in [3.63, 3.8) is 0 Å². The molecule has 1 saturated carbocycles. The van der Waals surface area contributed by atoms with Gasteiger partial charge < -0.3 is 5.11 Å². The van der Waals surface area contributed by atoms with Gasteiger partial charge in [-0.25, -0.2) is 4.79 Å². The number of benzene rings is 1. The fourth-order valence-corrected chi connectivity index (χ4v) is 2.42. The lowest BCUT2D eigenvalue weighted by atomic mass is 9.97. The largest absolute Gasteiger partial charge is 0.508 e. The van der Waals surface area contributed by atoms with Crippen molar-refractivity contribution in [3.8, 4) is 5.75 Å². The number of aromatic hydroxyl groups is 1. The number of halogens is 1. The quantitative estimate of drug-likeness (QED) is 0.660. The lowest BCUT2D eigenvalue weighted by Crippen LogP contribution is -2.04. The van der Waals surface area contributed by atoms with Crippen molar-refractivity contribution in [2.45, 2.75) is 38.1 Å². The summed E-state index contributed by atoms with van der Waals surface area (Å²) in [6.07, 6.45) is 3.09. The van der Waals surface area contributed by atoms with Gasteiger partial charge in [0.25, 0.3) is 0 Å². The number of isocyanates is 1. The molecular weight excluding hydrogens is 238 g/mol. The van der Waals surface area contributed by atoms with Crippen LogP contribution in [0.25, 0.3) is 0 Å². The Labute approximate surface area is 105 Å². The lowest BCUT2D eigenvalue weighted by Gasteiger charge is -2.15. The maximum Gasteiger partial charge on any atom is 0.235 e. The van der Waals surface area contributed by atoms with E-state index < -0.39 is 5.54 Å². The molecule has 90 valence electrons. The third-order valence-electron chi connectivity index (χ3n) is 3.22. The molecule has 4 heteroatoms. The van der Waals surface area contributed by atoms with Crippen LogP contribution in [0.1, 0.15) is 43.7 Å². The average Bonchev–Trinajstić information content (AvgIpc) is 3.02. The van der Waals surface area contributed by atoms with Crippen LogP contribution in [-0.2, 0) is 10.3 Å². The number of carbonyl (C=O) groups excluding carboxylic acids is 1. The van der Waals surface area contributed by atoms with Crippen LogP contribution in [0, 0.1) is 0 Å². The van der Waals surface area contributed by atoms with Crippen molar-refractivity contribution in [1.29, 1.82) is 0 Å². The molecule has 0 spiro atoms. The fourth-order valence-electron chi connectivity index (χ4n) is 2.04. The number of phenols is 1. The molecule has 1 aromatic rings. The Morgan fingerprint density at radius 2 is 2.12 bits per heavy atom. The molecule has 0 amide bonds. The second kappa shape index (κ2) is 4.17. The molecule has 0 saturated heterocycles. The van der Waals surface area contributed by atoms with E-state index in [-0.39, 0.29) is 11.7 Å². The molecule has 1 N–H and O–H groups in total. The van der Waals surface area contributed by atoms with E-state index in [0.29, 0.717) is 10.6 Å². The van der Waals surface area contributed by atoms with Crippen LogP contribution >= 0.6 is 11.6 Å². The molecule has 0 unspecified atom stereocenters. The summed E-state index contributed by atoms with van der Waals surface area (Å²) in [4.78, 5) is 14.2. The Kier molecular flexibility index (Phi) is 2.98. The van der Waals surface area contributed by atoms with Crippen LogP contribution in [0.4, 0.5) is 0 Å². The number of nitrogens with zero attached hydrogens (tertiary/aromatic N) is 1. The highest BCUT2D eigenvalue weighted by molar-refractivity contribution is 6.31.